The van der Waals surface area contributed by atoms with Crippen LogP contribution in [0.15, 0.2) is 41.4 Å². The summed E-state index contributed by atoms with van der Waals surface area (Å²) in [7, 11) is 6.50. The Bertz CT molecular complexity index is 853. The van der Waals surface area contributed by atoms with Crippen LogP contribution in [0.2, 0.25) is 0 Å². The van der Waals surface area contributed by atoms with Gasteiger partial charge in [0, 0.05) is 29.8 Å². The van der Waals surface area contributed by atoms with Gasteiger partial charge in [0.05, 0.1) is 45.1 Å². The number of isothiocyanates is 1. The molecule has 0 amide bonds. The number of benzene rings is 2. The van der Waals surface area contributed by atoms with Crippen LogP contribution in [0, 0.1) is 0 Å². The maximum Gasteiger partial charge on any atom is 0.127 e. The molecule has 2 aromatic rings. The minimum atomic E-state index is 0.483. The molecule has 29 heavy (non-hydrogen) atoms. The lowest BCUT2D eigenvalue weighted by Crippen LogP contribution is -2.17. The van der Waals surface area contributed by atoms with E-state index in [9.17, 15) is 0 Å². The Hall–Kier alpha value is -2.67. The van der Waals surface area contributed by atoms with Crippen molar-refractivity contribution in [2.75, 3.05) is 28.4 Å². The number of hydrogen-bond donors (Lipinski definition) is 1. The van der Waals surface area contributed by atoms with Gasteiger partial charge in [0.2, 0.25) is 0 Å². The normalized spacial score (nSPS) is 9.28. The van der Waals surface area contributed by atoms with Crippen LogP contribution in [-0.2, 0) is 13.1 Å². The summed E-state index contributed by atoms with van der Waals surface area (Å²) in [4.78, 5) is 4.62. The molecular weight excluding hydrogens is 408 g/mol. The number of methoxy groups -OCH3 is 4. The van der Waals surface area contributed by atoms with Gasteiger partial charge in [-0.25, -0.2) is 4.99 Å². The lowest BCUT2D eigenvalue weighted by molar-refractivity contribution is 0.390. The molecule has 0 saturated carbocycles. The van der Waals surface area contributed by atoms with E-state index in [4.69, 9.17) is 31.2 Å². The van der Waals surface area contributed by atoms with Crippen LogP contribution in [-0.4, -0.2) is 38.6 Å². The first-order valence-corrected chi connectivity index (χ1v) is 9.50. The van der Waals surface area contributed by atoms with Crippen molar-refractivity contribution >= 4 is 34.6 Å². The molecule has 0 aliphatic carbocycles. The van der Waals surface area contributed by atoms with Gasteiger partial charge in [-0.2, -0.15) is 0 Å². The molecule has 8 heteroatoms. The minimum Gasteiger partial charge on any atom is -0.497 e. The van der Waals surface area contributed by atoms with Crippen molar-refractivity contribution < 1.29 is 18.9 Å². The van der Waals surface area contributed by atoms with Crippen LogP contribution in [0.3, 0.4) is 0 Å². The molecule has 0 aliphatic heterocycles. The molecule has 0 radical (unpaired) electrons. The van der Waals surface area contributed by atoms with Crippen LogP contribution in [0.4, 0.5) is 0 Å². The third-order valence-electron chi connectivity index (χ3n) is 3.83. The van der Waals surface area contributed by atoms with Crippen molar-refractivity contribution in [1.82, 2.24) is 5.32 Å². The van der Waals surface area contributed by atoms with Crippen molar-refractivity contribution in [3.05, 3.63) is 47.5 Å². The smallest absolute Gasteiger partial charge is 0.127 e. The van der Waals surface area contributed by atoms with Crippen molar-refractivity contribution in [2.24, 2.45) is 4.99 Å². The monoisotopic (exact) mass is 434 g/mol. The maximum absolute atomic E-state index is 5.26. The predicted molar refractivity (Wildman–Crippen MR) is 123 cm³/mol. The molecule has 1 N–H and O–H groups in total. The standard InChI is InChI=1S/C11H15NO2S.C10H11NO2S/c1-8(15)12-7-9-4-5-10(13-2)6-11(9)14-3;1-12-9-4-3-8(6-11-7-14)10(5-9)13-2/h4-6H,7H2,1-3H3,(H,12,15);3-5H,6H2,1-2H3. The molecule has 0 spiro atoms. The number of thiocarbonyl (C=S) groups is 2. The Morgan fingerprint density at radius 1 is 0.897 bits per heavy atom. The number of aliphatic imine (C=N–C) groups is 1. The first-order chi connectivity index (χ1) is 14.0. The lowest BCUT2D eigenvalue weighted by Gasteiger charge is -2.11. The fourth-order valence-corrected chi connectivity index (χ4v) is 2.45. The lowest BCUT2D eigenvalue weighted by atomic mass is 10.2. The van der Waals surface area contributed by atoms with Crippen molar-refractivity contribution in [3.63, 3.8) is 0 Å². The minimum absolute atomic E-state index is 0.483. The predicted octanol–water partition coefficient (Wildman–Crippen LogP) is 4.45. The van der Waals surface area contributed by atoms with Crippen molar-refractivity contribution in [1.29, 1.82) is 0 Å². The fourth-order valence-electron chi connectivity index (χ4n) is 2.32. The van der Waals surface area contributed by atoms with Crippen LogP contribution in [0.5, 0.6) is 23.0 Å². The molecule has 0 aromatic heterocycles. The molecule has 0 heterocycles. The van der Waals surface area contributed by atoms with Gasteiger partial charge in [-0.3, -0.25) is 0 Å². The van der Waals surface area contributed by atoms with Gasteiger partial charge in [0.25, 0.3) is 0 Å². The highest BCUT2D eigenvalue weighted by Gasteiger charge is 2.05. The highest BCUT2D eigenvalue weighted by molar-refractivity contribution is 7.80. The number of rotatable bonds is 8. The Kier molecular flexibility index (Phi) is 11.3. The van der Waals surface area contributed by atoms with Gasteiger partial charge >= 0.3 is 0 Å². The second-order valence-corrected chi connectivity index (χ2v) is 6.47. The average Bonchev–Trinajstić information content (AvgIpc) is 2.76. The zero-order chi connectivity index (χ0) is 21.6. The van der Waals surface area contributed by atoms with Crippen LogP contribution >= 0.6 is 24.4 Å². The summed E-state index contributed by atoms with van der Waals surface area (Å²) in [6.07, 6.45) is 0. The first kappa shape index (κ1) is 24.4. The largest absolute Gasteiger partial charge is 0.497 e. The fraction of sp³-hybridized carbons (Fsp3) is 0.333. The van der Waals surface area contributed by atoms with Gasteiger partial charge < -0.3 is 24.3 Å². The zero-order valence-corrected chi connectivity index (χ0v) is 18.9. The highest BCUT2D eigenvalue weighted by Crippen LogP contribution is 2.25. The highest BCUT2D eigenvalue weighted by atomic mass is 32.1. The van der Waals surface area contributed by atoms with E-state index in [1.54, 1.807) is 28.4 Å². The SMILES string of the molecule is COc1ccc(CN=C=S)c(OC)c1.COc1ccc(CNC(C)=S)c(OC)c1. The molecule has 0 unspecified atom stereocenters. The third kappa shape index (κ3) is 8.48. The molecule has 0 saturated heterocycles. The van der Waals surface area contributed by atoms with E-state index in [-0.39, 0.29) is 0 Å². The summed E-state index contributed by atoms with van der Waals surface area (Å²) in [5, 5.41) is 5.40. The van der Waals surface area contributed by atoms with E-state index >= 15 is 0 Å². The molecule has 2 rings (SSSR count). The van der Waals surface area contributed by atoms with E-state index in [0.717, 1.165) is 39.1 Å². The van der Waals surface area contributed by atoms with E-state index in [1.807, 2.05) is 43.3 Å². The molecule has 0 fully saturated rings. The molecular formula is C21H26N2O4S2. The molecule has 2 aromatic carbocycles. The van der Waals surface area contributed by atoms with Gasteiger partial charge in [0.1, 0.15) is 23.0 Å². The van der Waals surface area contributed by atoms with Gasteiger partial charge in [-0.1, -0.05) is 12.2 Å². The summed E-state index contributed by atoms with van der Waals surface area (Å²) in [5.41, 5.74) is 2.02. The summed E-state index contributed by atoms with van der Waals surface area (Å²) in [6.45, 7) is 3.00. The number of ether oxygens (including phenoxy) is 4. The maximum atomic E-state index is 5.26. The Balaban J connectivity index is 0.000000291. The van der Waals surface area contributed by atoms with Crippen molar-refractivity contribution in [3.8, 4) is 23.0 Å². The summed E-state index contributed by atoms with van der Waals surface area (Å²) < 4.78 is 20.6. The first-order valence-electron chi connectivity index (χ1n) is 8.68. The summed E-state index contributed by atoms with van der Waals surface area (Å²) in [6, 6.07) is 11.3. The van der Waals surface area contributed by atoms with E-state index < -0.39 is 0 Å². The van der Waals surface area contributed by atoms with Crippen LogP contribution < -0.4 is 24.3 Å². The van der Waals surface area contributed by atoms with Crippen LogP contribution in [0.1, 0.15) is 18.1 Å². The van der Waals surface area contributed by atoms with E-state index in [0.29, 0.717) is 13.1 Å². The zero-order valence-electron chi connectivity index (χ0n) is 17.3. The second kappa shape index (κ2) is 13.5. The van der Waals surface area contributed by atoms with Crippen molar-refractivity contribution in [2.45, 2.75) is 20.0 Å². The number of hydrogen-bond acceptors (Lipinski definition) is 7. The second-order valence-electron chi connectivity index (χ2n) is 5.67. The Labute approximate surface area is 182 Å². The Morgan fingerprint density at radius 2 is 1.41 bits per heavy atom. The van der Waals surface area contributed by atoms with Gasteiger partial charge in [0.15, 0.2) is 0 Å². The molecule has 0 atom stereocenters. The van der Waals surface area contributed by atoms with E-state index in [2.05, 4.69) is 27.7 Å². The topological polar surface area (TPSA) is 61.3 Å². The quantitative estimate of drug-likeness (QED) is 0.487. The summed E-state index contributed by atoms with van der Waals surface area (Å²) >= 11 is 9.44. The molecule has 0 bridgehead atoms. The summed E-state index contributed by atoms with van der Waals surface area (Å²) in [5.74, 6) is 3.10. The molecule has 6 nitrogen and oxygen atoms in total. The van der Waals surface area contributed by atoms with Gasteiger partial charge in [-0.05, 0) is 43.4 Å². The Morgan fingerprint density at radius 3 is 1.86 bits per heavy atom. The van der Waals surface area contributed by atoms with E-state index in [1.165, 1.54) is 0 Å². The third-order valence-corrected chi connectivity index (χ3v) is 4.10. The average molecular weight is 435 g/mol. The number of nitrogens with one attached hydrogen (secondary N) is 1. The number of nitrogens with zero attached hydrogens (tertiary/aromatic N) is 1. The van der Waals surface area contributed by atoms with Crippen LogP contribution in [0.25, 0.3) is 0 Å². The van der Waals surface area contributed by atoms with Gasteiger partial charge in [-0.15, -0.1) is 0 Å². The molecule has 156 valence electrons. The molecule has 0 aliphatic rings.